The number of hydrogen-bond acceptors (Lipinski definition) is 4. The van der Waals surface area contributed by atoms with Gasteiger partial charge in [0.1, 0.15) is 11.8 Å². The zero-order valence-electron chi connectivity index (χ0n) is 11.7. The molecule has 102 valence electrons. The lowest BCUT2D eigenvalue weighted by molar-refractivity contribution is -0.0553. The van der Waals surface area contributed by atoms with E-state index in [1.54, 1.807) is 13.2 Å². The number of nitriles is 1. The zero-order chi connectivity index (χ0) is 13.9. The Labute approximate surface area is 114 Å². The van der Waals surface area contributed by atoms with Gasteiger partial charge in [0.15, 0.2) is 0 Å². The first kappa shape index (κ1) is 13.7. The molecule has 1 atom stereocenters. The van der Waals surface area contributed by atoms with Crippen LogP contribution in [0.25, 0.3) is 0 Å². The van der Waals surface area contributed by atoms with Crippen molar-refractivity contribution < 1.29 is 9.47 Å². The summed E-state index contributed by atoms with van der Waals surface area (Å²) in [5.41, 5.74) is 1.28. The van der Waals surface area contributed by atoms with Crippen LogP contribution in [0.3, 0.4) is 0 Å². The van der Waals surface area contributed by atoms with Crippen molar-refractivity contribution in [3.63, 3.8) is 0 Å². The molecule has 0 radical (unpaired) electrons. The van der Waals surface area contributed by atoms with Crippen LogP contribution in [-0.2, 0) is 4.74 Å². The minimum atomic E-state index is -0.120. The minimum absolute atomic E-state index is 0.120. The molecule has 1 heterocycles. The molecule has 4 heteroatoms. The molecule has 0 spiro atoms. The van der Waals surface area contributed by atoms with E-state index >= 15 is 0 Å². The number of para-hydroxylation sites is 1. The molecule has 0 bridgehead atoms. The van der Waals surface area contributed by atoms with Gasteiger partial charge in [0.25, 0.3) is 0 Å². The molecule has 4 nitrogen and oxygen atoms in total. The summed E-state index contributed by atoms with van der Waals surface area (Å²) in [6.45, 7) is 4.92. The summed E-state index contributed by atoms with van der Waals surface area (Å²) in [6, 6.07) is 8.00. The fraction of sp³-hybridized carbons (Fsp3) is 0.533. The molecular formula is C15H20N2O2. The van der Waals surface area contributed by atoms with Gasteiger partial charge in [0, 0.05) is 12.6 Å². The van der Waals surface area contributed by atoms with Crippen LogP contribution in [0, 0.1) is 11.3 Å². The lowest BCUT2D eigenvalue weighted by Crippen LogP contribution is -2.40. The fourth-order valence-electron chi connectivity index (χ4n) is 2.50. The van der Waals surface area contributed by atoms with Gasteiger partial charge in [-0.15, -0.1) is 0 Å². The molecule has 1 fully saturated rings. The van der Waals surface area contributed by atoms with Gasteiger partial charge in [0.05, 0.1) is 24.0 Å². The number of anilines is 1. The Balaban J connectivity index is 2.21. The second-order valence-corrected chi connectivity index (χ2v) is 5.44. The third-order valence-electron chi connectivity index (χ3n) is 3.41. The third kappa shape index (κ3) is 3.18. The van der Waals surface area contributed by atoms with E-state index in [-0.39, 0.29) is 5.60 Å². The van der Waals surface area contributed by atoms with Crippen LogP contribution in [0.5, 0.6) is 5.75 Å². The maximum Gasteiger partial charge on any atom is 0.143 e. The first-order chi connectivity index (χ1) is 9.05. The van der Waals surface area contributed by atoms with Crippen molar-refractivity contribution in [2.45, 2.75) is 38.3 Å². The molecule has 0 aromatic heterocycles. The standard InChI is InChI=1S/C15H20N2O2/c1-15(2)9-12(7-8-19-15)17-14-11(10-16)5-4-6-13(14)18-3/h4-6,12,17H,7-9H2,1-3H3. The average Bonchev–Trinajstić information content (AvgIpc) is 2.38. The third-order valence-corrected chi connectivity index (χ3v) is 3.41. The molecule has 1 N–H and O–H groups in total. The fourth-order valence-corrected chi connectivity index (χ4v) is 2.50. The van der Waals surface area contributed by atoms with Gasteiger partial charge in [-0.2, -0.15) is 5.26 Å². The van der Waals surface area contributed by atoms with Gasteiger partial charge < -0.3 is 14.8 Å². The highest BCUT2D eigenvalue weighted by molar-refractivity contribution is 5.66. The zero-order valence-corrected chi connectivity index (χ0v) is 11.7. The van der Waals surface area contributed by atoms with Gasteiger partial charge in [-0.3, -0.25) is 0 Å². The van der Waals surface area contributed by atoms with E-state index in [1.807, 2.05) is 12.1 Å². The summed E-state index contributed by atoms with van der Waals surface area (Å²) in [6.07, 6.45) is 1.85. The number of rotatable bonds is 3. The normalized spacial score (nSPS) is 21.5. The van der Waals surface area contributed by atoms with Crippen LogP contribution in [0.2, 0.25) is 0 Å². The Kier molecular flexibility index (Phi) is 3.96. The van der Waals surface area contributed by atoms with Crippen LogP contribution < -0.4 is 10.1 Å². The lowest BCUT2D eigenvalue weighted by atomic mass is 9.93. The van der Waals surface area contributed by atoms with Gasteiger partial charge >= 0.3 is 0 Å². The predicted octanol–water partition coefficient (Wildman–Crippen LogP) is 2.94. The molecule has 19 heavy (non-hydrogen) atoms. The molecule has 0 saturated carbocycles. The Bertz CT molecular complexity index is 491. The number of methoxy groups -OCH3 is 1. The Hall–Kier alpha value is -1.73. The summed E-state index contributed by atoms with van der Waals surface area (Å²) in [5, 5.41) is 12.6. The van der Waals surface area contributed by atoms with E-state index in [2.05, 4.69) is 25.2 Å². The highest BCUT2D eigenvalue weighted by Crippen LogP contribution is 2.32. The maximum absolute atomic E-state index is 9.20. The average molecular weight is 260 g/mol. The quantitative estimate of drug-likeness (QED) is 0.907. The summed E-state index contributed by atoms with van der Waals surface area (Å²) in [4.78, 5) is 0. The largest absolute Gasteiger partial charge is 0.495 e. The number of ether oxygens (including phenoxy) is 2. The van der Waals surface area contributed by atoms with Crippen molar-refractivity contribution in [3.8, 4) is 11.8 Å². The molecule has 1 aromatic carbocycles. The lowest BCUT2D eigenvalue weighted by Gasteiger charge is -2.36. The maximum atomic E-state index is 9.20. The number of benzene rings is 1. The first-order valence-corrected chi connectivity index (χ1v) is 6.53. The van der Waals surface area contributed by atoms with Crippen molar-refractivity contribution in [1.82, 2.24) is 0 Å². The second-order valence-electron chi connectivity index (χ2n) is 5.44. The molecule has 1 aromatic rings. The monoisotopic (exact) mass is 260 g/mol. The van der Waals surface area contributed by atoms with Gasteiger partial charge in [-0.05, 0) is 38.8 Å². The summed E-state index contributed by atoms with van der Waals surface area (Å²) < 4.78 is 11.0. The van der Waals surface area contributed by atoms with E-state index in [4.69, 9.17) is 9.47 Å². The van der Waals surface area contributed by atoms with E-state index in [1.165, 1.54) is 0 Å². The molecule has 2 rings (SSSR count). The van der Waals surface area contributed by atoms with Crippen molar-refractivity contribution in [1.29, 1.82) is 5.26 Å². The smallest absolute Gasteiger partial charge is 0.143 e. The highest BCUT2D eigenvalue weighted by Gasteiger charge is 2.29. The van der Waals surface area contributed by atoms with Crippen LogP contribution in [0.4, 0.5) is 5.69 Å². The Morgan fingerprint density at radius 3 is 2.89 bits per heavy atom. The Morgan fingerprint density at radius 2 is 2.26 bits per heavy atom. The summed E-state index contributed by atoms with van der Waals surface area (Å²) in [5.74, 6) is 0.711. The molecule has 1 aliphatic rings. The van der Waals surface area contributed by atoms with Crippen molar-refractivity contribution in [2.75, 3.05) is 19.0 Å². The first-order valence-electron chi connectivity index (χ1n) is 6.53. The van der Waals surface area contributed by atoms with Gasteiger partial charge in [0.2, 0.25) is 0 Å². The Morgan fingerprint density at radius 1 is 1.47 bits per heavy atom. The molecule has 1 unspecified atom stereocenters. The topological polar surface area (TPSA) is 54.3 Å². The highest BCUT2D eigenvalue weighted by atomic mass is 16.5. The van der Waals surface area contributed by atoms with Gasteiger partial charge in [-0.1, -0.05) is 6.07 Å². The predicted molar refractivity (Wildman–Crippen MR) is 74.4 cm³/mol. The van der Waals surface area contributed by atoms with Crippen molar-refractivity contribution >= 4 is 5.69 Å². The number of nitrogens with zero attached hydrogens (tertiary/aromatic N) is 1. The van der Waals surface area contributed by atoms with Crippen LogP contribution in [-0.4, -0.2) is 25.4 Å². The SMILES string of the molecule is COc1cccc(C#N)c1NC1CCOC(C)(C)C1. The minimum Gasteiger partial charge on any atom is -0.495 e. The molecule has 0 amide bonds. The van der Waals surface area contributed by atoms with E-state index in [0.29, 0.717) is 17.4 Å². The van der Waals surface area contributed by atoms with Crippen LogP contribution >= 0.6 is 0 Å². The molecular weight excluding hydrogens is 240 g/mol. The molecule has 1 aliphatic heterocycles. The number of nitrogens with one attached hydrogen (secondary N) is 1. The summed E-state index contributed by atoms with van der Waals surface area (Å²) in [7, 11) is 1.62. The van der Waals surface area contributed by atoms with Crippen LogP contribution in [0.15, 0.2) is 18.2 Å². The second kappa shape index (κ2) is 5.50. The van der Waals surface area contributed by atoms with Crippen molar-refractivity contribution in [2.24, 2.45) is 0 Å². The number of hydrogen-bond donors (Lipinski definition) is 1. The van der Waals surface area contributed by atoms with Gasteiger partial charge in [-0.25, -0.2) is 0 Å². The summed E-state index contributed by atoms with van der Waals surface area (Å²) >= 11 is 0. The molecule has 0 aliphatic carbocycles. The molecule has 1 saturated heterocycles. The van der Waals surface area contributed by atoms with E-state index < -0.39 is 0 Å². The van der Waals surface area contributed by atoms with Crippen LogP contribution in [0.1, 0.15) is 32.3 Å². The van der Waals surface area contributed by atoms with E-state index in [9.17, 15) is 5.26 Å². The van der Waals surface area contributed by atoms with E-state index in [0.717, 1.165) is 25.1 Å². The van der Waals surface area contributed by atoms with Crippen molar-refractivity contribution in [3.05, 3.63) is 23.8 Å².